The van der Waals surface area contributed by atoms with Crippen LogP contribution >= 0.6 is 0 Å². The summed E-state index contributed by atoms with van der Waals surface area (Å²) in [5.41, 5.74) is -1.11. The van der Waals surface area contributed by atoms with Gasteiger partial charge < -0.3 is 9.84 Å². The van der Waals surface area contributed by atoms with Gasteiger partial charge in [0.05, 0.1) is 6.61 Å². The highest BCUT2D eigenvalue weighted by Gasteiger charge is 2.41. The van der Waals surface area contributed by atoms with Crippen molar-refractivity contribution in [2.45, 2.75) is 37.7 Å². The van der Waals surface area contributed by atoms with E-state index in [0.717, 1.165) is 19.3 Å². The van der Waals surface area contributed by atoms with Crippen LogP contribution in [0.15, 0.2) is 11.8 Å². The van der Waals surface area contributed by atoms with E-state index in [-0.39, 0.29) is 5.78 Å². The molecule has 0 aromatic rings. The lowest BCUT2D eigenvalue weighted by molar-refractivity contribution is -0.135. The summed E-state index contributed by atoms with van der Waals surface area (Å²) in [5, 5.41) is 9.95. The van der Waals surface area contributed by atoms with Crippen molar-refractivity contribution in [1.82, 2.24) is 0 Å². The van der Waals surface area contributed by atoms with Gasteiger partial charge in [0.15, 0.2) is 5.76 Å². The Balaban J connectivity index is 2.11. The van der Waals surface area contributed by atoms with Gasteiger partial charge in [0.2, 0.25) is 5.78 Å². The number of Topliss-reactive ketones (excluding diaryl/α,β-unsaturated/α-hetero) is 1. The van der Waals surface area contributed by atoms with Gasteiger partial charge in [-0.2, -0.15) is 0 Å². The van der Waals surface area contributed by atoms with Crippen LogP contribution in [-0.4, -0.2) is 23.1 Å². The van der Waals surface area contributed by atoms with E-state index in [1.54, 1.807) is 6.08 Å². The lowest BCUT2D eigenvalue weighted by Crippen LogP contribution is -2.36. The molecule has 0 spiro atoms. The molecule has 2 rings (SSSR count). The topological polar surface area (TPSA) is 46.5 Å². The van der Waals surface area contributed by atoms with E-state index < -0.39 is 5.60 Å². The molecule has 0 aromatic carbocycles. The molecule has 2 aliphatic rings. The molecule has 3 heteroatoms. The molecule has 0 bridgehead atoms. The lowest BCUT2D eigenvalue weighted by atomic mass is 9.95. The van der Waals surface area contributed by atoms with E-state index >= 15 is 0 Å². The van der Waals surface area contributed by atoms with Crippen LogP contribution in [0.2, 0.25) is 0 Å². The van der Waals surface area contributed by atoms with E-state index in [4.69, 9.17) is 4.74 Å². The number of hydrogen-bond acceptors (Lipinski definition) is 3. The maximum Gasteiger partial charge on any atom is 0.228 e. The Bertz CT molecular complexity index is 249. The smallest absolute Gasteiger partial charge is 0.228 e. The summed E-state index contributed by atoms with van der Waals surface area (Å²) in [7, 11) is 0. The summed E-state index contributed by atoms with van der Waals surface area (Å²) in [6.07, 6.45) is 5.62. The van der Waals surface area contributed by atoms with Gasteiger partial charge in [-0.1, -0.05) is 0 Å². The zero-order valence-corrected chi connectivity index (χ0v) is 7.58. The van der Waals surface area contributed by atoms with Crippen molar-refractivity contribution in [2.75, 3.05) is 6.61 Å². The van der Waals surface area contributed by atoms with Crippen molar-refractivity contribution >= 4 is 5.78 Å². The normalized spacial score (nSPS) is 25.5. The molecule has 0 saturated heterocycles. The minimum atomic E-state index is -1.11. The molecular formula is C10H14O3. The Hall–Kier alpha value is -0.830. The third kappa shape index (κ3) is 1.48. The third-order valence-corrected chi connectivity index (χ3v) is 2.78. The number of aliphatic hydroxyl groups is 1. The fraction of sp³-hybridized carbons (Fsp3) is 0.700. The number of carbonyl (C=O) groups excluding carboxylic acids is 1. The van der Waals surface area contributed by atoms with Crippen LogP contribution in [-0.2, 0) is 9.53 Å². The summed E-state index contributed by atoms with van der Waals surface area (Å²) in [4.78, 5) is 11.7. The van der Waals surface area contributed by atoms with Gasteiger partial charge in [-0.15, -0.1) is 0 Å². The predicted octanol–water partition coefficient (Wildman–Crippen LogP) is 1.16. The van der Waals surface area contributed by atoms with Crippen molar-refractivity contribution in [2.24, 2.45) is 0 Å². The molecule has 1 fully saturated rings. The Kier molecular flexibility index (Phi) is 2.12. The van der Waals surface area contributed by atoms with Gasteiger partial charge in [0, 0.05) is 6.42 Å². The minimum Gasteiger partial charge on any atom is -0.490 e. The first kappa shape index (κ1) is 8.75. The first-order chi connectivity index (χ1) is 6.22. The molecule has 0 atom stereocenters. The summed E-state index contributed by atoms with van der Waals surface area (Å²) < 4.78 is 5.14. The summed E-state index contributed by atoms with van der Waals surface area (Å²) >= 11 is 0. The second kappa shape index (κ2) is 3.14. The maximum absolute atomic E-state index is 11.7. The zero-order chi connectivity index (χ0) is 9.31. The van der Waals surface area contributed by atoms with Gasteiger partial charge in [0.1, 0.15) is 5.60 Å². The molecule has 0 radical (unpaired) electrons. The molecule has 3 nitrogen and oxygen atoms in total. The molecule has 0 aromatic heterocycles. The summed E-state index contributed by atoms with van der Waals surface area (Å²) in [6, 6.07) is 0. The van der Waals surface area contributed by atoms with Crippen LogP contribution in [0.25, 0.3) is 0 Å². The van der Waals surface area contributed by atoms with E-state index in [1.165, 1.54) is 0 Å². The quantitative estimate of drug-likeness (QED) is 0.697. The second-order valence-corrected chi connectivity index (χ2v) is 3.77. The fourth-order valence-electron chi connectivity index (χ4n) is 1.99. The summed E-state index contributed by atoms with van der Waals surface area (Å²) in [6.45, 7) is 0.581. The van der Waals surface area contributed by atoms with Gasteiger partial charge in [0.25, 0.3) is 0 Å². The van der Waals surface area contributed by atoms with Crippen LogP contribution < -0.4 is 0 Å². The highest BCUT2D eigenvalue weighted by molar-refractivity contribution is 6.00. The van der Waals surface area contributed by atoms with E-state index in [0.29, 0.717) is 25.2 Å². The Labute approximate surface area is 77.4 Å². The van der Waals surface area contributed by atoms with Crippen LogP contribution in [0.3, 0.4) is 0 Å². The molecular weight excluding hydrogens is 168 g/mol. The maximum atomic E-state index is 11.7. The third-order valence-electron chi connectivity index (χ3n) is 2.78. The van der Waals surface area contributed by atoms with Crippen LogP contribution in [0.1, 0.15) is 32.1 Å². The number of ether oxygens (including phenoxy) is 1. The molecule has 1 aliphatic heterocycles. The number of rotatable bonds is 2. The van der Waals surface area contributed by atoms with Crippen molar-refractivity contribution < 1.29 is 14.6 Å². The highest BCUT2D eigenvalue weighted by atomic mass is 16.5. The molecule has 1 saturated carbocycles. The monoisotopic (exact) mass is 182 g/mol. The van der Waals surface area contributed by atoms with Crippen LogP contribution in [0.5, 0.6) is 0 Å². The largest absolute Gasteiger partial charge is 0.490 e. The van der Waals surface area contributed by atoms with Gasteiger partial charge >= 0.3 is 0 Å². The van der Waals surface area contributed by atoms with Crippen molar-refractivity contribution in [3.05, 3.63) is 11.8 Å². The minimum absolute atomic E-state index is 0.206. The number of carbonyl (C=O) groups is 1. The van der Waals surface area contributed by atoms with Gasteiger partial charge in [-0.05, 0) is 31.8 Å². The average molecular weight is 182 g/mol. The van der Waals surface area contributed by atoms with Gasteiger partial charge in [-0.25, -0.2) is 0 Å². The summed E-state index contributed by atoms with van der Waals surface area (Å²) in [5.74, 6) is 0.173. The van der Waals surface area contributed by atoms with Gasteiger partial charge in [-0.3, -0.25) is 4.79 Å². The highest BCUT2D eigenvalue weighted by Crippen LogP contribution is 2.33. The van der Waals surface area contributed by atoms with E-state index in [1.807, 2.05) is 0 Å². The lowest BCUT2D eigenvalue weighted by Gasteiger charge is -2.20. The molecule has 1 aliphatic carbocycles. The number of hydrogen-bond donors (Lipinski definition) is 1. The SMILES string of the molecule is O=C(C1=CCCO1)C1(O)CCCC1. The zero-order valence-electron chi connectivity index (χ0n) is 7.58. The predicted molar refractivity (Wildman–Crippen MR) is 47.1 cm³/mol. The molecule has 0 amide bonds. The number of ketones is 1. The Morgan fingerprint density at radius 2 is 2.15 bits per heavy atom. The van der Waals surface area contributed by atoms with Crippen molar-refractivity contribution in [3.63, 3.8) is 0 Å². The average Bonchev–Trinajstić information content (AvgIpc) is 2.73. The molecule has 1 heterocycles. The fourth-order valence-corrected chi connectivity index (χ4v) is 1.99. The van der Waals surface area contributed by atoms with Crippen molar-refractivity contribution in [3.8, 4) is 0 Å². The van der Waals surface area contributed by atoms with Crippen LogP contribution in [0.4, 0.5) is 0 Å². The first-order valence-electron chi connectivity index (χ1n) is 4.82. The first-order valence-corrected chi connectivity index (χ1v) is 4.82. The van der Waals surface area contributed by atoms with E-state index in [9.17, 15) is 9.90 Å². The molecule has 0 unspecified atom stereocenters. The molecule has 1 N–H and O–H groups in total. The van der Waals surface area contributed by atoms with Crippen molar-refractivity contribution in [1.29, 1.82) is 0 Å². The Morgan fingerprint density at radius 1 is 1.46 bits per heavy atom. The van der Waals surface area contributed by atoms with Crippen LogP contribution in [0, 0.1) is 0 Å². The Morgan fingerprint density at radius 3 is 2.69 bits per heavy atom. The standard InChI is InChI=1S/C10H14O3/c11-9(8-4-3-7-13-8)10(12)5-1-2-6-10/h4,12H,1-3,5-7H2. The van der Waals surface area contributed by atoms with E-state index in [2.05, 4.69) is 0 Å². The molecule has 13 heavy (non-hydrogen) atoms. The second-order valence-electron chi connectivity index (χ2n) is 3.77. The molecule has 72 valence electrons.